The molecular weight excluding hydrogens is 372 g/mol. The molecule has 0 radical (unpaired) electrons. The van der Waals surface area contributed by atoms with Gasteiger partial charge in [-0.1, -0.05) is 24.3 Å². The van der Waals surface area contributed by atoms with Crippen LogP contribution in [0.1, 0.15) is 31.9 Å². The molecule has 0 saturated heterocycles. The second-order valence-corrected chi connectivity index (χ2v) is 5.94. The van der Waals surface area contributed by atoms with Crippen molar-refractivity contribution in [3.05, 3.63) is 53.9 Å². The van der Waals surface area contributed by atoms with Gasteiger partial charge in [-0.3, -0.25) is 0 Å². The molecule has 160 valence electrons. The molecule has 1 aromatic heterocycles. The number of hydrogen-bond donors (Lipinski definition) is 2. The Hall–Kier alpha value is -2.61. The predicted molar refractivity (Wildman–Crippen MR) is 115 cm³/mol. The van der Waals surface area contributed by atoms with Crippen LogP contribution < -0.4 is 5.73 Å². The van der Waals surface area contributed by atoms with Gasteiger partial charge in [-0.05, 0) is 57.9 Å². The Balaban J connectivity index is 0.000000218. The number of aryl methyl sites for hydroxylation is 2. The van der Waals surface area contributed by atoms with Crippen molar-refractivity contribution < 1.29 is 23.7 Å². The molecule has 0 spiro atoms. The third-order valence-electron chi connectivity index (χ3n) is 3.73. The number of fused-ring (bicyclic) bond motifs is 1. The first-order chi connectivity index (χ1) is 13.9. The van der Waals surface area contributed by atoms with Gasteiger partial charge in [0.15, 0.2) is 12.0 Å². The summed E-state index contributed by atoms with van der Waals surface area (Å²) in [5, 5.41) is 9.08. The number of nitrogen functional groups attached to an aromatic ring is 1. The molecule has 0 amide bonds. The summed E-state index contributed by atoms with van der Waals surface area (Å²) < 4.78 is 20.4. The van der Waals surface area contributed by atoms with Crippen LogP contribution in [0.15, 0.2) is 47.2 Å². The number of nitrogens with zero attached hydrogens (tertiary/aromatic N) is 1. The molecule has 3 N–H and O–H groups in total. The van der Waals surface area contributed by atoms with Crippen LogP contribution in [-0.4, -0.2) is 36.4 Å². The van der Waals surface area contributed by atoms with Gasteiger partial charge in [0, 0.05) is 19.8 Å². The van der Waals surface area contributed by atoms with Crippen molar-refractivity contribution in [1.29, 1.82) is 0 Å². The Kier molecular flexibility index (Phi) is 11.4. The lowest BCUT2D eigenvalue weighted by atomic mass is 10.2. The third kappa shape index (κ3) is 8.51. The highest BCUT2D eigenvalue weighted by molar-refractivity contribution is 5.75. The Labute approximate surface area is 172 Å². The van der Waals surface area contributed by atoms with E-state index >= 15 is 0 Å². The van der Waals surface area contributed by atoms with Crippen LogP contribution in [0.2, 0.25) is 0 Å². The summed E-state index contributed by atoms with van der Waals surface area (Å²) in [4.78, 5) is 4.01. The number of nitrogens with two attached hydrogens (primary N) is 1. The summed E-state index contributed by atoms with van der Waals surface area (Å²) in [5.41, 5.74) is 9.58. The van der Waals surface area contributed by atoms with Crippen molar-refractivity contribution in [3.8, 4) is 5.75 Å². The van der Waals surface area contributed by atoms with Gasteiger partial charge in [0.05, 0.1) is 5.69 Å². The van der Waals surface area contributed by atoms with E-state index in [1.807, 2.05) is 65.0 Å². The van der Waals surface area contributed by atoms with Crippen molar-refractivity contribution in [3.63, 3.8) is 0 Å². The van der Waals surface area contributed by atoms with E-state index in [-0.39, 0.29) is 5.75 Å². The minimum atomic E-state index is -0.472. The molecule has 0 bridgehead atoms. The molecule has 0 atom stereocenters. The number of anilines is 1. The van der Waals surface area contributed by atoms with Crippen LogP contribution in [-0.2, 0) is 14.2 Å². The van der Waals surface area contributed by atoms with Gasteiger partial charge >= 0.3 is 0 Å². The molecule has 7 nitrogen and oxygen atoms in total. The smallest absolute Gasteiger partial charge is 0.271 e. The van der Waals surface area contributed by atoms with Crippen molar-refractivity contribution >= 4 is 16.8 Å². The summed E-state index contributed by atoms with van der Waals surface area (Å²) in [6, 6.07) is 11.2. The topological polar surface area (TPSA) is 100.0 Å². The zero-order chi connectivity index (χ0) is 21.6. The molecule has 7 heteroatoms. The molecule has 0 aliphatic carbocycles. The number of para-hydroxylation sites is 2. The van der Waals surface area contributed by atoms with E-state index in [1.165, 1.54) is 6.39 Å². The lowest BCUT2D eigenvalue weighted by molar-refractivity contribution is -0.282. The summed E-state index contributed by atoms with van der Waals surface area (Å²) in [7, 11) is 0. The number of aromatic hydroxyl groups is 1. The first-order valence-electron chi connectivity index (χ1n) is 9.62. The number of phenolic OH excluding ortho intramolecular Hbond substituents is 1. The third-order valence-corrected chi connectivity index (χ3v) is 3.73. The number of aromatic nitrogens is 1. The van der Waals surface area contributed by atoms with Crippen LogP contribution in [0.25, 0.3) is 11.1 Å². The first kappa shape index (κ1) is 24.4. The molecule has 3 rings (SSSR count). The number of benzene rings is 2. The Bertz CT molecular complexity index is 800. The lowest BCUT2D eigenvalue weighted by Gasteiger charge is -2.15. The fourth-order valence-electron chi connectivity index (χ4n) is 2.26. The van der Waals surface area contributed by atoms with E-state index in [2.05, 4.69) is 4.98 Å². The van der Waals surface area contributed by atoms with Gasteiger partial charge in [-0.15, -0.1) is 0 Å². The molecule has 0 saturated carbocycles. The van der Waals surface area contributed by atoms with Crippen LogP contribution in [0.3, 0.4) is 0 Å². The molecule has 3 aromatic rings. The molecule has 0 unspecified atom stereocenters. The van der Waals surface area contributed by atoms with Gasteiger partial charge in [-0.25, -0.2) is 4.98 Å². The van der Waals surface area contributed by atoms with Crippen LogP contribution in [0.4, 0.5) is 5.69 Å². The largest absolute Gasteiger partial charge is 0.506 e. The first-order valence-corrected chi connectivity index (χ1v) is 9.62. The maximum absolute atomic E-state index is 9.08. The van der Waals surface area contributed by atoms with Gasteiger partial charge in [0.2, 0.25) is 0 Å². The van der Waals surface area contributed by atoms with Gasteiger partial charge in [0.25, 0.3) is 6.48 Å². The van der Waals surface area contributed by atoms with E-state index in [1.54, 1.807) is 6.07 Å². The number of hydrogen-bond acceptors (Lipinski definition) is 7. The average Bonchev–Trinajstić information content (AvgIpc) is 3.18. The molecule has 2 aromatic carbocycles. The maximum Gasteiger partial charge on any atom is 0.271 e. The van der Waals surface area contributed by atoms with Crippen molar-refractivity contribution in [1.82, 2.24) is 4.98 Å². The predicted octanol–water partition coefficient (Wildman–Crippen LogP) is 4.80. The van der Waals surface area contributed by atoms with Crippen LogP contribution in [0, 0.1) is 13.8 Å². The van der Waals surface area contributed by atoms with E-state index in [9.17, 15) is 0 Å². The van der Waals surface area contributed by atoms with Gasteiger partial charge in [-0.2, -0.15) is 0 Å². The SMILES string of the molecule is CCOC(OCC)OCC.Cc1cccc(N)c1O.Cc1cccc2ncoc12. The van der Waals surface area contributed by atoms with Crippen molar-refractivity contribution in [2.45, 2.75) is 41.1 Å². The lowest BCUT2D eigenvalue weighted by Crippen LogP contribution is -2.20. The molecule has 29 heavy (non-hydrogen) atoms. The van der Waals surface area contributed by atoms with Crippen molar-refractivity contribution in [2.24, 2.45) is 0 Å². The van der Waals surface area contributed by atoms with Crippen LogP contribution in [0.5, 0.6) is 5.75 Å². The zero-order valence-corrected chi connectivity index (χ0v) is 17.8. The number of oxazole rings is 1. The molecule has 0 fully saturated rings. The molecule has 0 aliphatic heterocycles. The fourth-order valence-corrected chi connectivity index (χ4v) is 2.26. The molecule has 0 aliphatic rings. The van der Waals surface area contributed by atoms with E-state index in [0.29, 0.717) is 25.5 Å². The summed E-state index contributed by atoms with van der Waals surface area (Å²) in [6.07, 6.45) is 1.47. The second-order valence-electron chi connectivity index (χ2n) is 5.94. The normalized spacial score (nSPS) is 10.3. The molecular formula is C22H32N2O5. The van der Waals surface area contributed by atoms with Gasteiger partial charge < -0.3 is 29.5 Å². The summed E-state index contributed by atoms with van der Waals surface area (Å²) >= 11 is 0. The Morgan fingerprint density at radius 3 is 1.97 bits per heavy atom. The van der Waals surface area contributed by atoms with E-state index in [4.69, 9.17) is 29.5 Å². The second kappa shape index (κ2) is 13.5. The monoisotopic (exact) mass is 404 g/mol. The number of phenols is 1. The highest BCUT2D eigenvalue weighted by atomic mass is 16.8. The van der Waals surface area contributed by atoms with E-state index in [0.717, 1.165) is 22.2 Å². The van der Waals surface area contributed by atoms with Gasteiger partial charge in [0.1, 0.15) is 11.3 Å². The minimum absolute atomic E-state index is 0.192. The highest BCUT2D eigenvalue weighted by Crippen LogP contribution is 2.22. The maximum atomic E-state index is 9.08. The molecule has 1 heterocycles. The standard InChI is InChI=1S/C8H7NO.C7H9NO.C7H16O3/c1-6-3-2-4-7-8(6)10-5-9-7;1-5-3-2-4-6(8)7(5)9;1-4-8-7(9-5-2)10-6-3/h2-5H,1H3;2-4,9H,8H2,1H3;7H,4-6H2,1-3H3. The minimum Gasteiger partial charge on any atom is -0.506 e. The van der Waals surface area contributed by atoms with Crippen molar-refractivity contribution in [2.75, 3.05) is 25.6 Å². The number of rotatable bonds is 6. The zero-order valence-electron chi connectivity index (χ0n) is 17.8. The van der Waals surface area contributed by atoms with Crippen LogP contribution >= 0.6 is 0 Å². The number of ether oxygens (including phenoxy) is 3. The summed E-state index contributed by atoms with van der Waals surface area (Å²) in [5.74, 6) is 0.192. The quantitative estimate of drug-likeness (QED) is 0.346. The highest BCUT2D eigenvalue weighted by Gasteiger charge is 2.04. The van der Waals surface area contributed by atoms with E-state index < -0.39 is 6.48 Å². The summed E-state index contributed by atoms with van der Waals surface area (Å²) in [6.45, 7) is 10.9. The average molecular weight is 405 g/mol. The fraction of sp³-hybridized carbons (Fsp3) is 0.409. The Morgan fingerprint density at radius 2 is 1.48 bits per heavy atom. The Morgan fingerprint density at radius 1 is 0.931 bits per heavy atom.